The molecule has 1 aromatic heterocycles. The van der Waals surface area contributed by atoms with Gasteiger partial charge in [0.05, 0.1) is 6.61 Å². The second-order valence-corrected chi connectivity index (χ2v) is 3.80. The second kappa shape index (κ2) is 4.57. The van der Waals surface area contributed by atoms with Gasteiger partial charge in [-0.25, -0.2) is 4.98 Å². The molecule has 0 radical (unpaired) electrons. The molecule has 1 aliphatic rings. The first-order valence-corrected chi connectivity index (χ1v) is 5.54. The van der Waals surface area contributed by atoms with Crippen molar-refractivity contribution in [3.63, 3.8) is 0 Å². The van der Waals surface area contributed by atoms with Crippen molar-refractivity contribution in [3.05, 3.63) is 17.6 Å². The third kappa shape index (κ3) is 2.65. The molecule has 0 amide bonds. The lowest BCUT2D eigenvalue weighted by Crippen LogP contribution is -2.08. The standard InChI is InChI=1S/C11H17N3O/c1-2-15-10-7-9(5-6-12)13-11(14-10)8-3-4-8/h7-8H,2-6,12H2,1H3. The Morgan fingerprint density at radius 1 is 1.47 bits per heavy atom. The molecule has 15 heavy (non-hydrogen) atoms. The van der Waals surface area contributed by atoms with Crippen molar-refractivity contribution in [2.24, 2.45) is 5.73 Å². The molecule has 1 aliphatic carbocycles. The van der Waals surface area contributed by atoms with E-state index in [2.05, 4.69) is 9.97 Å². The summed E-state index contributed by atoms with van der Waals surface area (Å²) >= 11 is 0. The summed E-state index contributed by atoms with van der Waals surface area (Å²) in [5, 5.41) is 0. The molecule has 0 bridgehead atoms. The van der Waals surface area contributed by atoms with Crippen molar-refractivity contribution < 1.29 is 4.74 Å². The van der Waals surface area contributed by atoms with Crippen molar-refractivity contribution in [1.29, 1.82) is 0 Å². The van der Waals surface area contributed by atoms with Crippen LogP contribution in [-0.2, 0) is 6.42 Å². The highest BCUT2D eigenvalue weighted by Gasteiger charge is 2.27. The molecule has 1 saturated carbocycles. The third-order valence-electron chi connectivity index (χ3n) is 2.41. The fourth-order valence-electron chi connectivity index (χ4n) is 1.51. The molecule has 4 heteroatoms. The summed E-state index contributed by atoms with van der Waals surface area (Å²) in [7, 11) is 0. The first-order chi connectivity index (χ1) is 7.33. The number of ether oxygens (including phenoxy) is 1. The summed E-state index contributed by atoms with van der Waals surface area (Å²) in [5.41, 5.74) is 6.52. The van der Waals surface area contributed by atoms with Crippen LogP contribution in [0.4, 0.5) is 0 Å². The number of hydrogen-bond donors (Lipinski definition) is 1. The van der Waals surface area contributed by atoms with E-state index in [0.717, 1.165) is 17.9 Å². The van der Waals surface area contributed by atoms with Gasteiger partial charge in [-0.3, -0.25) is 0 Å². The first kappa shape index (κ1) is 10.4. The largest absolute Gasteiger partial charge is 0.478 e. The van der Waals surface area contributed by atoms with Crippen LogP contribution in [0.1, 0.15) is 37.2 Å². The molecule has 0 saturated heterocycles. The van der Waals surface area contributed by atoms with Crippen LogP contribution in [0.25, 0.3) is 0 Å². The number of hydrogen-bond acceptors (Lipinski definition) is 4. The van der Waals surface area contributed by atoms with E-state index in [1.807, 2.05) is 13.0 Å². The number of nitrogens with two attached hydrogens (primary N) is 1. The topological polar surface area (TPSA) is 61.0 Å². The van der Waals surface area contributed by atoms with E-state index < -0.39 is 0 Å². The molecular weight excluding hydrogens is 190 g/mol. The predicted molar refractivity (Wildman–Crippen MR) is 57.9 cm³/mol. The lowest BCUT2D eigenvalue weighted by molar-refractivity contribution is 0.324. The molecule has 0 atom stereocenters. The molecular formula is C11H17N3O. The van der Waals surface area contributed by atoms with Gasteiger partial charge in [0, 0.05) is 24.1 Å². The van der Waals surface area contributed by atoms with Crippen molar-refractivity contribution in [2.75, 3.05) is 13.2 Å². The summed E-state index contributed by atoms with van der Waals surface area (Å²) in [6.07, 6.45) is 3.21. The molecule has 1 aromatic rings. The highest BCUT2D eigenvalue weighted by atomic mass is 16.5. The van der Waals surface area contributed by atoms with E-state index in [1.54, 1.807) is 0 Å². The Morgan fingerprint density at radius 2 is 2.27 bits per heavy atom. The summed E-state index contributed by atoms with van der Waals surface area (Å²) in [4.78, 5) is 8.89. The van der Waals surface area contributed by atoms with Crippen molar-refractivity contribution in [1.82, 2.24) is 9.97 Å². The van der Waals surface area contributed by atoms with Crippen molar-refractivity contribution in [2.45, 2.75) is 32.1 Å². The summed E-state index contributed by atoms with van der Waals surface area (Å²) < 4.78 is 5.42. The van der Waals surface area contributed by atoms with Crippen LogP contribution in [-0.4, -0.2) is 23.1 Å². The lowest BCUT2D eigenvalue weighted by atomic mass is 10.3. The summed E-state index contributed by atoms with van der Waals surface area (Å²) in [6, 6.07) is 1.89. The number of rotatable bonds is 5. The van der Waals surface area contributed by atoms with Crippen LogP contribution in [0.15, 0.2) is 6.07 Å². The van der Waals surface area contributed by atoms with Gasteiger partial charge in [-0.2, -0.15) is 4.98 Å². The zero-order chi connectivity index (χ0) is 10.7. The Morgan fingerprint density at radius 3 is 2.87 bits per heavy atom. The van der Waals surface area contributed by atoms with Crippen LogP contribution in [0.3, 0.4) is 0 Å². The van der Waals surface area contributed by atoms with Gasteiger partial charge >= 0.3 is 0 Å². The molecule has 0 spiro atoms. The monoisotopic (exact) mass is 207 g/mol. The van der Waals surface area contributed by atoms with Crippen LogP contribution in [0.2, 0.25) is 0 Å². The van der Waals surface area contributed by atoms with Gasteiger partial charge in [0.1, 0.15) is 5.82 Å². The van der Waals surface area contributed by atoms with Gasteiger partial charge in [-0.1, -0.05) is 0 Å². The van der Waals surface area contributed by atoms with Crippen molar-refractivity contribution >= 4 is 0 Å². The Kier molecular flexibility index (Phi) is 3.16. The van der Waals surface area contributed by atoms with E-state index in [4.69, 9.17) is 10.5 Å². The minimum absolute atomic E-state index is 0.557. The zero-order valence-electron chi connectivity index (χ0n) is 9.07. The fourth-order valence-corrected chi connectivity index (χ4v) is 1.51. The molecule has 0 unspecified atom stereocenters. The molecule has 1 fully saturated rings. The van der Waals surface area contributed by atoms with Gasteiger partial charge in [-0.15, -0.1) is 0 Å². The maximum absolute atomic E-state index is 5.53. The Bertz CT molecular complexity index is 312. The molecule has 2 N–H and O–H groups in total. The smallest absolute Gasteiger partial charge is 0.216 e. The quantitative estimate of drug-likeness (QED) is 0.789. The highest BCUT2D eigenvalue weighted by molar-refractivity contribution is 5.20. The van der Waals surface area contributed by atoms with Gasteiger partial charge in [0.25, 0.3) is 0 Å². The molecule has 0 aromatic carbocycles. The average Bonchev–Trinajstić information content (AvgIpc) is 3.01. The average molecular weight is 207 g/mol. The predicted octanol–water partition coefficient (Wildman–Crippen LogP) is 1.25. The summed E-state index contributed by atoms with van der Waals surface area (Å²) in [5.74, 6) is 2.18. The van der Waals surface area contributed by atoms with Crippen LogP contribution in [0.5, 0.6) is 5.88 Å². The highest BCUT2D eigenvalue weighted by Crippen LogP contribution is 2.38. The normalized spacial score (nSPS) is 15.3. The number of aromatic nitrogens is 2. The number of nitrogens with zero attached hydrogens (tertiary/aromatic N) is 2. The van der Waals surface area contributed by atoms with Gasteiger partial charge < -0.3 is 10.5 Å². The van der Waals surface area contributed by atoms with E-state index in [-0.39, 0.29) is 0 Å². The Labute approximate surface area is 89.9 Å². The van der Waals surface area contributed by atoms with Gasteiger partial charge in [0.2, 0.25) is 5.88 Å². The van der Waals surface area contributed by atoms with E-state index in [1.165, 1.54) is 12.8 Å². The SMILES string of the molecule is CCOc1cc(CCN)nc(C2CC2)n1. The van der Waals surface area contributed by atoms with Crippen molar-refractivity contribution in [3.8, 4) is 5.88 Å². The minimum Gasteiger partial charge on any atom is -0.478 e. The molecule has 2 rings (SSSR count). The maximum atomic E-state index is 5.53. The molecule has 1 heterocycles. The van der Waals surface area contributed by atoms with E-state index in [0.29, 0.717) is 24.9 Å². The van der Waals surface area contributed by atoms with E-state index >= 15 is 0 Å². The van der Waals surface area contributed by atoms with Gasteiger partial charge in [0.15, 0.2) is 0 Å². The Balaban J connectivity index is 2.21. The third-order valence-corrected chi connectivity index (χ3v) is 2.41. The summed E-state index contributed by atoms with van der Waals surface area (Å²) in [6.45, 7) is 3.22. The minimum atomic E-state index is 0.557. The van der Waals surface area contributed by atoms with Crippen LogP contribution in [0, 0.1) is 0 Å². The first-order valence-electron chi connectivity index (χ1n) is 5.54. The van der Waals surface area contributed by atoms with Crippen LogP contribution >= 0.6 is 0 Å². The Hall–Kier alpha value is -1.16. The van der Waals surface area contributed by atoms with Gasteiger partial charge in [-0.05, 0) is 26.3 Å². The lowest BCUT2D eigenvalue weighted by Gasteiger charge is -2.07. The molecule has 0 aliphatic heterocycles. The van der Waals surface area contributed by atoms with E-state index in [9.17, 15) is 0 Å². The molecule has 82 valence electrons. The van der Waals surface area contributed by atoms with Crippen LogP contribution < -0.4 is 10.5 Å². The fraction of sp³-hybridized carbons (Fsp3) is 0.636. The zero-order valence-corrected chi connectivity index (χ0v) is 9.07. The molecule has 4 nitrogen and oxygen atoms in total. The second-order valence-electron chi connectivity index (χ2n) is 3.80. The maximum Gasteiger partial charge on any atom is 0.216 e.